The molecule has 0 spiro atoms. The molecule has 1 atom stereocenters. The van der Waals surface area contributed by atoms with E-state index >= 15 is 0 Å². The van der Waals surface area contributed by atoms with Crippen LogP contribution in [0.3, 0.4) is 0 Å². The molecule has 1 aliphatic heterocycles. The van der Waals surface area contributed by atoms with Gasteiger partial charge >= 0.3 is 6.18 Å². The van der Waals surface area contributed by atoms with Crippen LogP contribution in [0, 0.1) is 5.82 Å². The molecule has 1 aromatic rings. The summed E-state index contributed by atoms with van der Waals surface area (Å²) in [6.45, 7) is 2.63. The lowest BCUT2D eigenvalue weighted by Crippen LogP contribution is -2.45. The van der Waals surface area contributed by atoms with Crippen molar-refractivity contribution in [3.63, 3.8) is 0 Å². The van der Waals surface area contributed by atoms with Gasteiger partial charge in [0.05, 0.1) is 18.8 Å². The van der Waals surface area contributed by atoms with Crippen LogP contribution in [0.1, 0.15) is 18.9 Å². The SMILES string of the molecule is CCNC(=NCc1ccc(N(C)C)c(F)c1)NC1CCN(CC(F)(F)F)C1.I. The quantitative estimate of drug-likeness (QED) is 0.264. The van der Waals surface area contributed by atoms with E-state index in [2.05, 4.69) is 15.6 Å². The molecule has 0 amide bonds. The number of nitrogens with zero attached hydrogens (tertiary/aromatic N) is 3. The van der Waals surface area contributed by atoms with Gasteiger partial charge in [-0.1, -0.05) is 6.07 Å². The predicted octanol–water partition coefficient (Wildman–Crippen LogP) is 3.20. The minimum atomic E-state index is -4.18. The van der Waals surface area contributed by atoms with E-state index in [0.717, 1.165) is 5.56 Å². The lowest BCUT2D eigenvalue weighted by molar-refractivity contribution is -0.143. The third-order valence-electron chi connectivity index (χ3n) is 4.27. The van der Waals surface area contributed by atoms with Crippen LogP contribution >= 0.6 is 24.0 Å². The molecule has 0 radical (unpaired) electrons. The lowest BCUT2D eigenvalue weighted by atomic mass is 10.2. The van der Waals surface area contributed by atoms with Gasteiger partial charge in [-0.15, -0.1) is 24.0 Å². The van der Waals surface area contributed by atoms with E-state index in [1.54, 1.807) is 25.1 Å². The molecule has 10 heteroatoms. The van der Waals surface area contributed by atoms with E-state index < -0.39 is 12.7 Å². The summed E-state index contributed by atoms with van der Waals surface area (Å²) in [6, 6.07) is 4.86. The molecule has 0 aliphatic carbocycles. The maximum Gasteiger partial charge on any atom is 0.401 e. The number of benzene rings is 1. The second-order valence-electron chi connectivity index (χ2n) is 6.86. The summed E-state index contributed by atoms with van der Waals surface area (Å²) in [7, 11) is 3.54. The van der Waals surface area contributed by atoms with Crippen molar-refractivity contribution < 1.29 is 17.6 Å². The lowest BCUT2D eigenvalue weighted by Gasteiger charge is -2.20. The zero-order valence-corrected chi connectivity index (χ0v) is 18.6. The Balaban J connectivity index is 0.00000392. The molecular weight excluding hydrogens is 489 g/mol. The number of halogens is 5. The fraction of sp³-hybridized carbons (Fsp3) is 0.611. The zero-order chi connectivity index (χ0) is 20.0. The standard InChI is InChI=1S/C18H27F4N5.HI/c1-4-23-17(25-14-7-8-27(11-14)12-18(20,21)22)24-10-13-5-6-16(26(2)3)15(19)9-13;/h5-6,9,14H,4,7-8,10-12H2,1-3H3,(H2,23,24,25);1H. The van der Waals surface area contributed by atoms with E-state index in [0.29, 0.717) is 37.7 Å². The van der Waals surface area contributed by atoms with Crippen LogP contribution in [-0.2, 0) is 6.54 Å². The molecule has 1 fully saturated rings. The minimum Gasteiger partial charge on any atom is -0.375 e. The molecule has 0 bridgehead atoms. The highest BCUT2D eigenvalue weighted by molar-refractivity contribution is 14.0. The minimum absolute atomic E-state index is 0. The highest BCUT2D eigenvalue weighted by Crippen LogP contribution is 2.20. The van der Waals surface area contributed by atoms with Gasteiger partial charge in [-0.25, -0.2) is 9.38 Å². The Bertz CT molecular complexity index is 651. The average molecular weight is 517 g/mol. The van der Waals surface area contributed by atoms with Gasteiger partial charge in [0.1, 0.15) is 5.82 Å². The molecule has 1 unspecified atom stereocenters. The fourth-order valence-electron chi connectivity index (χ4n) is 3.04. The van der Waals surface area contributed by atoms with Crippen molar-refractivity contribution in [2.45, 2.75) is 32.1 Å². The van der Waals surface area contributed by atoms with E-state index in [1.165, 1.54) is 11.0 Å². The summed E-state index contributed by atoms with van der Waals surface area (Å²) in [6.07, 6.45) is -3.57. The molecular formula is C18H28F4IN5. The Morgan fingerprint density at radius 2 is 2.04 bits per heavy atom. The highest BCUT2D eigenvalue weighted by Gasteiger charge is 2.34. The molecule has 2 N–H and O–H groups in total. The Hall–Kier alpha value is -1.30. The third kappa shape index (κ3) is 7.98. The van der Waals surface area contributed by atoms with E-state index in [1.807, 2.05) is 13.0 Å². The molecule has 1 aliphatic rings. The van der Waals surface area contributed by atoms with Gasteiger partial charge in [0.15, 0.2) is 5.96 Å². The van der Waals surface area contributed by atoms with Crippen molar-refractivity contribution in [2.75, 3.05) is 45.2 Å². The topological polar surface area (TPSA) is 42.9 Å². The van der Waals surface area contributed by atoms with Crippen LogP contribution in [0.2, 0.25) is 0 Å². The van der Waals surface area contributed by atoms with E-state index in [4.69, 9.17) is 0 Å². The second kappa shape index (κ2) is 11.0. The Kier molecular flexibility index (Phi) is 9.75. The summed E-state index contributed by atoms with van der Waals surface area (Å²) < 4.78 is 51.6. The molecule has 160 valence electrons. The van der Waals surface area contributed by atoms with Gasteiger partial charge < -0.3 is 15.5 Å². The normalized spacial score (nSPS) is 18.0. The first-order chi connectivity index (χ1) is 12.7. The first-order valence-corrected chi connectivity index (χ1v) is 8.97. The zero-order valence-electron chi connectivity index (χ0n) is 16.3. The van der Waals surface area contributed by atoms with Crippen molar-refractivity contribution in [2.24, 2.45) is 4.99 Å². The summed E-state index contributed by atoms with van der Waals surface area (Å²) in [5.41, 5.74) is 1.23. The molecule has 2 rings (SSSR count). The van der Waals surface area contributed by atoms with Crippen LogP contribution in [0.5, 0.6) is 0 Å². The largest absolute Gasteiger partial charge is 0.401 e. The van der Waals surface area contributed by atoms with E-state index in [9.17, 15) is 17.6 Å². The maximum absolute atomic E-state index is 14.1. The number of hydrogen-bond donors (Lipinski definition) is 2. The Morgan fingerprint density at radius 1 is 1.32 bits per heavy atom. The van der Waals surface area contributed by atoms with Crippen molar-refractivity contribution >= 4 is 35.6 Å². The second-order valence-corrected chi connectivity index (χ2v) is 6.86. The van der Waals surface area contributed by atoms with Crippen LogP contribution in [0.15, 0.2) is 23.2 Å². The van der Waals surface area contributed by atoms with Gasteiger partial charge in [-0.05, 0) is 31.0 Å². The number of alkyl halides is 3. The molecule has 1 saturated heterocycles. The number of hydrogen-bond acceptors (Lipinski definition) is 3. The van der Waals surface area contributed by atoms with Crippen molar-refractivity contribution in [3.8, 4) is 0 Å². The van der Waals surface area contributed by atoms with Gasteiger partial charge in [-0.2, -0.15) is 13.2 Å². The molecule has 1 heterocycles. The van der Waals surface area contributed by atoms with Gasteiger partial charge in [0.25, 0.3) is 0 Å². The van der Waals surface area contributed by atoms with Crippen LogP contribution in [0.4, 0.5) is 23.2 Å². The summed E-state index contributed by atoms with van der Waals surface area (Å²) in [5.74, 6) is 0.206. The summed E-state index contributed by atoms with van der Waals surface area (Å²) >= 11 is 0. The van der Waals surface area contributed by atoms with E-state index in [-0.39, 0.29) is 42.4 Å². The van der Waals surface area contributed by atoms with Crippen molar-refractivity contribution in [1.29, 1.82) is 0 Å². The molecule has 1 aromatic carbocycles. The smallest absolute Gasteiger partial charge is 0.375 e. The van der Waals surface area contributed by atoms with Crippen molar-refractivity contribution in [1.82, 2.24) is 15.5 Å². The van der Waals surface area contributed by atoms with Crippen molar-refractivity contribution in [3.05, 3.63) is 29.6 Å². The molecule has 0 saturated carbocycles. The van der Waals surface area contributed by atoms with Gasteiger partial charge in [-0.3, -0.25) is 4.90 Å². The third-order valence-corrected chi connectivity index (χ3v) is 4.27. The number of nitrogens with one attached hydrogen (secondary N) is 2. The Morgan fingerprint density at radius 3 is 2.61 bits per heavy atom. The number of likely N-dealkylation sites (tertiary alicyclic amines) is 1. The van der Waals surface area contributed by atoms with Gasteiger partial charge in [0.2, 0.25) is 0 Å². The maximum atomic E-state index is 14.1. The molecule has 28 heavy (non-hydrogen) atoms. The fourth-order valence-corrected chi connectivity index (χ4v) is 3.04. The molecule has 5 nitrogen and oxygen atoms in total. The number of anilines is 1. The predicted molar refractivity (Wildman–Crippen MR) is 115 cm³/mol. The first kappa shape index (κ1) is 24.7. The highest BCUT2D eigenvalue weighted by atomic mass is 127. The Labute approximate surface area is 180 Å². The number of guanidine groups is 1. The van der Waals surface area contributed by atoms with Crippen LogP contribution < -0.4 is 15.5 Å². The van der Waals surface area contributed by atoms with Gasteiger partial charge in [0, 0.05) is 39.8 Å². The monoisotopic (exact) mass is 517 g/mol. The molecule has 0 aromatic heterocycles. The summed E-state index contributed by atoms with van der Waals surface area (Å²) in [4.78, 5) is 7.52. The average Bonchev–Trinajstić information content (AvgIpc) is 2.97. The number of rotatable bonds is 6. The first-order valence-electron chi connectivity index (χ1n) is 8.97. The van der Waals surface area contributed by atoms with Crippen LogP contribution in [0.25, 0.3) is 0 Å². The van der Waals surface area contributed by atoms with Crippen LogP contribution in [-0.4, -0.2) is 63.4 Å². The number of aliphatic imine (C=N–C) groups is 1. The summed E-state index contributed by atoms with van der Waals surface area (Å²) in [5, 5.41) is 6.26.